The number of hydrogen-bond donors (Lipinski definition) is 1. The number of carbonyl (C=O) groups excluding carboxylic acids is 1. The third kappa shape index (κ3) is 2.74. The summed E-state index contributed by atoms with van der Waals surface area (Å²) < 4.78 is 3.17. The number of amides is 2. The first kappa shape index (κ1) is 14.4. The predicted octanol–water partition coefficient (Wildman–Crippen LogP) is 0.291. The van der Waals surface area contributed by atoms with Crippen molar-refractivity contribution in [1.29, 1.82) is 0 Å². The number of hydrogen-bond acceptors (Lipinski definition) is 3. The van der Waals surface area contributed by atoms with Crippen LogP contribution in [0.1, 0.15) is 11.4 Å². The van der Waals surface area contributed by atoms with Gasteiger partial charge in [0.1, 0.15) is 5.82 Å². The van der Waals surface area contributed by atoms with Gasteiger partial charge in [0.25, 0.3) is 0 Å². The molecule has 0 fully saturated rings. The van der Waals surface area contributed by atoms with Crippen LogP contribution in [0.2, 0.25) is 0 Å². The molecule has 0 atom stereocenters. The fourth-order valence-electron chi connectivity index (χ4n) is 2.68. The summed E-state index contributed by atoms with van der Waals surface area (Å²) in [5.41, 5.74) is 0.933. The van der Waals surface area contributed by atoms with E-state index in [-0.39, 0.29) is 11.7 Å². The Morgan fingerprint density at radius 2 is 2.00 bits per heavy atom. The maximum atomic E-state index is 12.5. The molecule has 22 heavy (non-hydrogen) atoms. The fraction of sp³-hybridized carbons (Fsp3) is 0.400. The van der Waals surface area contributed by atoms with Crippen LogP contribution in [0.25, 0.3) is 0 Å². The molecule has 2 heterocycles. The van der Waals surface area contributed by atoms with Crippen molar-refractivity contribution in [2.24, 2.45) is 0 Å². The molecular weight excluding hydrogens is 282 g/mol. The summed E-state index contributed by atoms with van der Waals surface area (Å²) in [4.78, 5) is 25.9. The smallest absolute Gasteiger partial charge is 0.341 e. The molecule has 0 aliphatic carbocycles. The van der Waals surface area contributed by atoms with Crippen molar-refractivity contribution < 1.29 is 4.79 Å². The largest absolute Gasteiger partial charge is 0.346 e. The Morgan fingerprint density at radius 3 is 2.73 bits per heavy atom. The number of nitrogens with zero attached hydrogens (tertiary/aromatic N) is 4. The van der Waals surface area contributed by atoms with Crippen LogP contribution in [0.15, 0.2) is 35.1 Å². The Morgan fingerprint density at radius 1 is 1.23 bits per heavy atom. The van der Waals surface area contributed by atoms with E-state index in [1.165, 1.54) is 4.68 Å². The van der Waals surface area contributed by atoms with Crippen LogP contribution in [0.3, 0.4) is 0 Å². The lowest BCUT2D eigenvalue weighted by Crippen LogP contribution is -2.40. The average Bonchev–Trinajstić information content (AvgIpc) is 2.73. The molecule has 2 amide bonds. The highest BCUT2D eigenvalue weighted by molar-refractivity contribution is 5.73. The third-order valence-electron chi connectivity index (χ3n) is 3.87. The van der Waals surface area contributed by atoms with Crippen molar-refractivity contribution in [2.75, 3.05) is 20.1 Å². The maximum Gasteiger partial charge on any atom is 0.346 e. The van der Waals surface area contributed by atoms with Crippen molar-refractivity contribution in [3.63, 3.8) is 0 Å². The highest BCUT2D eigenvalue weighted by Gasteiger charge is 2.21. The van der Waals surface area contributed by atoms with E-state index in [1.54, 1.807) is 16.5 Å². The van der Waals surface area contributed by atoms with E-state index in [0.29, 0.717) is 32.6 Å². The molecule has 1 aromatic heterocycles. The van der Waals surface area contributed by atoms with Crippen molar-refractivity contribution in [3.8, 4) is 0 Å². The minimum absolute atomic E-state index is 0.113. The van der Waals surface area contributed by atoms with Gasteiger partial charge >= 0.3 is 11.7 Å². The SMILES string of the molecule is CNC(=O)N1CCc2nn(Cc3ccccc3)c(=O)n2CC1. The van der Waals surface area contributed by atoms with E-state index in [2.05, 4.69) is 10.4 Å². The molecule has 0 saturated carbocycles. The van der Waals surface area contributed by atoms with Crippen molar-refractivity contribution >= 4 is 6.03 Å². The molecule has 1 aliphatic heterocycles. The lowest BCUT2D eigenvalue weighted by Gasteiger charge is -2.18. The summed E-state index contributed by atoms with van der Waals surface area (Å²) >= 11 is 0. The molecule has 3 rings (SSSR count). The second-order valence-electron chi connectivity index (χ2n) is 5.29. The molecule has 0 bridgehead atoms. The fourth-order valence-corrected chi connectivity index (χ4v) is 2.68. The highest BCUT2D eigenvalue weighted by atomic mass is 16.2. The van der Waals surface area contributed by atoms with Gasteiger partial charge in [-0.05, 0) is 5.56 Å². The molecule has 0 radical (unpaired) electrons. The molecule has 116 valence electrons. The molecule has 0 spiro atoms. The maximum absolute atomic E-state index is 12.5. The average molecular weight is 301 g/mol. The van der Waals surface area contributed by atoms with Gasteiger partial charge in [0.05, 0.1) is 6.54 Å². The summed E-state index contributed by atoms with van der Waals surface area (Å²) in [6.07, 6.45) is 0.588. The van der Waals surface area contributed by atoms with Crippen LogP contribution < -0.4 is 11.0 Å². The molecule has 0 unspecified atom stereocenters. The lowest BCUT2D eigenvalue weighted by molar-refractivity contribution is 0.201. The minimum atomic E-state index is -0.115. The van der Waals surface area contributed by atoms with Crippen molar-refractivity contribution in [3.05, 3.63) is 52.2 Å². The number of benzene rings is 1. The van der Waals surface area contributed by atoms with Crippen LogP contribution in [0.4, 0.5) is 4.79 Å². The van der Waals surface area contributed by atoms with Crippen LogP contribution >= 0.6 is 0 Å². The van der Waals surface area contributed by atoms with E-state index in [9.17, 15) is 9.59 Å². The zero-order valence-corrected chi connectivity index (χ0v) is 12.5. The van der Waals surface area contributed by atoms with Gasteiger partial charge in [-0.25, -0.2) is 14.3 Å². The van der Waals surface area contributed by atoms with Gasteiger partial charge in [-0.3, -0.25) is 4.57 Å². The van der Waals surface area contributed by atoms with Gasteiger partial charge in [-0.1, -0.05) is 30.3 Å². The molecular formula is C15H19N5O2. The Hall–Kier alpha value is -2.57. The number of nitrogens with one attached hydrogen (secondary N) is 1. The van der Waals surface area contributed by atoms with Crippen molar-refractivity contribution in [2.45, 2.75) is 19.5 Å². The van der Waals surface area contributed by atoms with Crippen LogP contribution in [0, 0.1) is 0 Å². The molecule has 7 heteroatoms. The third-order valence-corrected chi connectivity index (χ3v) is 3.87. The number of fused-ring (bicyclic) bond motifs is 1. The predicted molar refractivity (Wildman–Crippen MR) is 81.8 cm³/mol. The first-order valence-electron chi connectivity index (χ1n) is 7.36. The summed E-state index contributed by atoms with van der Waals surface area (Å²) in [7, 11) is 1.61. The molecule has 2 aromatic rings. The number of rotatable bonds is 2. The lowest BCUT2D eigenvalue weighted by atomic mass is 10.2. The second-order valence-corrected chi connectivity index (χ2v) is 5.29. The minimum Gasteiger partial charge on any atom is -0.341 e. The standard InChI is InChI=1S/C15H19N5O2/c1-16-14(21)18-8-7-13-17-20(15(22)19(13)10-9-18)11-12-5-3-2-4-6-12/h2-6H,7-11H2,1H3,(H,16,21). The Labute approximate surface area is 128 Å². The summed E-state index contributed by atoms with van der Waals surface area (Å²) in [5, 5.41) is 7.05. The number of aromatic nitrogens is 3. The second kappa shape index (κ2) is 6.05. The highest BCUT2D eigenvalue weighted by Crippen LogP contribution is 2.06. The molecule has 7 nitrogen and oxygen atoms in total. The summed E-state index contributed by atoms with van der Waals surface area (Å²) in [5.74, 6) is 0.743. The molecule has 0 saturated heterocycles. The van der Waals surface area contributed by atoms with Gasteiger partial charge in [0.2, 0.25) is 0 Å². The van der Waals surface area contributed by atoms with Gasteiger partial charge < -0.3 is 10.2 Å². The van der Waals surface area contributed by atoms with Crippen molar-refractivity contribution in [1.82, 2.24) is 24.6 Å². The van der Waals surface area contributed by atoms with Gasteiger partial charge in [-0.2, -0.15) is 5.10 Å². The Kier molecular flexibility index (Phi) is 3.95. The zero-order chi connectivity index (χ0) is 15.5. The van der Waals surface area contributed by atoms with E-state index < -0.39 is 0 Å². The topological polar surface area (TPSA) is 72.2 Å². The Balaban J connectivity index is 1.80. The van der Waals surface area contributed by atoms with E-state index >= 15 is 0 Å². The van der Waals surface area contributed by atoms with Gasteiger partial charge in [0.15, 0.2) is 0 Å². The normalized spacial score (nSPS) is 14.3. The zero-order valence-electron chi connectivity index (χ0n) is 12.5. The molecule has 1 aliphatic rings. The quantitative estimate of drug-likeness (QED) is 0.866. The number of carbonyl (C=O) groups is 1. The van der Waals surface area contributed by atoms with Crippen LogP contribution in [0.5, 0.6) is 0 Å². The van der Waals surface area contributed by atoms with Gasteiger partial charge in [0, 0.05) is 33.1 Å². The molecule has 1 N–H and O–H groups in total. The number of urea groups is 1. The van der Waals surface area contributed by atoms with Crippen LogP contribution in [-0.2, 0) is 19.5 Å². The molecule has 1 aromatic carbocycles. The first-order chi connectivity index (χ1) is 10.7. The first-order valence-corrected chi connectivity index (χ1v) is 7.36. The van der Waals surface area contributed by atoms with E-state index in [4.69, 9.17) is 0 Å². The van der Waals surface area contributed by atoms with Gasteiger partial charge in [-0.15, -0.1) is 0 Å². The van der Waals surface area contributed by atoms with Crippen LogP contribution in [-0.4, -0.2) is 45.4 Å². The Bertz CT molecular complexity index is 719. The monoisotopic (exact) mass is 301 g/mol. The van der Waals surface area contributed by atoms with E-state index in [1.807, 2.05) is 30.3 Å². The van der Waals surface area contributed by atoms with E-state index in [0.717, 1.165) is 11.4 Å². The summed E-state index contributed by atoms with van der Waals surface area (Å²) in [6.45, 7) is 2.04. The summed E-state index contributed by atoms with van der Waals surface area (Å²) in [6, 6.07) is 9.68.